The molecule has 0 unspecified atom stereocenters. The number of rotatable bonds is 13. The molecule has 1 aromatic rings. The summed E-state index contributed by atoms with van der Waals surface area (Å²) in [7, 11) is 5.58. The Hall–Kier alpha value is -2.28. The van der Waals surface area contributed by atoms with Crippen LogP contribution < -0.4 is 15.5 Å². The molecule has 0 fully saturated rings. The molecule has 7 heteroatoms. The molecule has 28 heavy (non-hydrogen) atoms. The van der Waals surface area contributed by atoms with E-state index in [0.717, 1.165) is 52.1 Å². The number of nitrogens with one attached hydrogen (secondary N) is 2. The summed E-state index contributed by atoms with van der Waals surface area (Å²) in [5.41, 5.74) is 1.21. The van der Waals surface area contributed by atoms with Crippen molar-refractivity contribution >= 4 is 17.6 Å². The quantitative estimate of drug-likeness (QED) is 0.306. The fraction of sp³-hybridized carbons (Fsp3) is 0.619. The molecule has 0 spiro atoms. The number of carbonyl (C=O) groups is 1. The molecule has 0 radical (unpaired) electrons. The molecule has 0 saturated carbocycles. The highest BCUT2D eigenvalue weighted by Gasteiger charge is 2.05. The lowest BCUT2D eigenvalue weighted by Gasteiger charge is -2.20. The van der Waals surface area contributed by atoms with Crippen LogP contribution in [-0.4, -0.2) is 77.3 Å². The minimum atomic E-state index is -0.0127. The molecule has 0 saturated heterocycles. The van der Waals surface area contributed by atoms with E-state index < -0.39 is 0 Å². The van der Waals surface area contributed by atoms with Crippen molar-refractivity contribution in [1.82, 2.24) is 15.5 Å². The van der Waals surface area contributed by atoms with Crippen molar-refractivity contribution in [3.63, 3.8) is 0 Å². The SMILES string of the molecule is CCOCCCCNC(=NCC(=O)N(C)C)NCCCN(C)c1ccccc1. The zero-order valence-electron chi connectivity index (χ0n) is 17.9. The molecule has 1 amide bonds. The number of benzene rings is 1. The van der Waals surface area contributed by atoms with Crippen LogP contribution in [0.3, 0.4) is 0 Å². The Morgan fingerprint density at radius 2 is 1.71 bits per heavy atom. The first kappa shape index (κ1) is 23.8. The third-order valence-corrected chi connectivity index (χ3v) is 4.24. The molecule has 7 nitrogen and oxygen atoms in total. The van der Waals surface area contributed by atoms with Gasteiger partial charge in [-0.25, -0.2) is 4.99 Å². The summed E-state index contributed by atoms with van der Waals surface area (Å²) < 4.78 is 5.36. The topological polar surface area (TPSA) is 69.2 Å². The number of nitrogens with zero attached hydrogens (tertiary/aromatic N) is 3. The zero-order chi connectivity index (χ0) is 20.6. The first-order valence-corrected chi connectivity index (χ1v) is 10.1. The molecule has 0 aliphatic carbocycles. The first-order chi connectivity index (χ1) is 13.5. The van der Waals surface area contributed by atoms with Gasteiger partial charge in [-0.1, -0.05) is 18.2 Å². The smallest absolute Gasteiger partial charge is 0.243 e. The van der Waals surface area contributed by atoms with Crippen molar-refractivity contribution in [2.45, 2.75) is 26.2 Å². The van der Waals surface area contributed by atoms with E-state index >= 15 is 0 Å². The highest BCUT2D eigenvalue weighted by molar-refractivity contribution is 5.84. The van der Waals surface area contributed by atoms with Gasteiger partial charge in [-0.3, -0.25) is 4.79 Å². The predicted molar refractivity (Wildman–Crippen MR) is 117 cm³/mol. The Morgan fingerprint density at radius 3 is 2.36 bits per heavy atom. The third-order valence-electron chi connectivity index (χ3n) is 4.24. The van der Waals surface area contributed by atoms with Crippen LogP contribution in [0.5, 0.6) is 0 Å². The number of carbonyl (C=O) groups excluding carboxylic acids is 1. The van der Waals surface area contributed by atoms with Crippen molar-refractivity contribution in [2.75, 3.05) is 65.4 Å². The van der Waals surface area contributed by atoms with Crippen LogP contribution in [0, 0.1) is 0 Å². The van der Waals surface area contributed by atoms with Crippen molar-refractivity contribution in [3.8, 4) is 0 Å². The van der Waals surface area contributed by atoms with Gasteiger partial charge < -0.3 is 25.2 Å². The fourth-order valence-electron chi connectivity index (χ4n) is 2.48. The second-order valence-corrected chi connectivity index (χ2v) is 6.82. The summed E-state index contributed by atoms with van der Waals surface area (Å²) in [6, 6.07) is 10.3. The number of amides is 1. The molecule has 0 aliphatic heterocycles. The zero-order valence-corrected chi connectivity index (χ0v) is 17.9. The van der Waals surface area contributed by atoms with E-state index in [9.17, 15) is 4.79 Å². The number of likely N-dealkylation sites (N-methyl/N-ethyl adjacent to an activating group) is 1. The van der Waals surface area contributed by atoms with E-state index in [1.54, 1.807) is 19.0 Å². The lowest BCUT2D eigenvalue weighted by atomic mass is 10.3. The minimum absolute atomic E-state index is 0.0127. The monoisotopic (exact) mass is 391 g/mol. The van der Waals surface area contributed by atoms with Gasteiger partial charge >= 0.3 is 0 Å². The molecule has 0 aliphatic rings. The highest BCUT2D eigenvalue weighted by atomic mass is 16.5. The second-order valence-electron chi connectivity index (χ2n) is 6.82. The van der Waals surface area contributed by atoms with Crippen molar-refractivity contribution in [3.05, 3.63) is 30.3 Å². The molecule has 0 bridgehead atoms. The molecule has 0 heterocycles. The van der Waals surface area contributed by atoms with Crippen molar-refractivity contribution < 1.29 is 9.53 Å². The van der Waals surface area contributed by atoms with Crippen molar-refractivity contribution in [1.29, 1.82) is 0 Å². The van der Waals surface area contributed by atoms with E-state index in [-0.39, 0.29) is 12.5 Å². The summed E-state index contributed by atoms with van der Waals surface area (Å²) in [5.74, 6) is 0.676. The van der Waals surface area contributed by atoms with Crippen LogP contribution in [0.4, 0.5) is 5.69 Å². The molecule has 1 aromatic carbocycles. The number of hydrogen-bond acceptors (Lipinski definition) is 4. The van der Waals surface area contributed by atoms with Gasteiger partial charge in [-0.15, -0.1) is 0 Å². The molecule has 0 atom stereocenters. The number of para-hydroxylation sites is 1. The van der Waals surface area contributed by atoms with Gasteiger partial charge in [0, 0.05) is 59.7 Å². The Kier molecular flexibility index (Phi) is 12.5. The van der Waals surface area contributed by atoms with Gasteiger partial charge in [-0.05, 0) is 38.3 Å². The molecular formula is C21H37N5O2. The summed E-state index contributed by atoms with van der Waals surface area (Å²) >= 11 is 0. The van der Waals surface area contributed by atoms with E-state index in [0.29, 0.717) is 5.96 Å². The number of anilines is 1. The third kappa shape index (κ3) is 10.8. The van der Waals surface area contributed by atoms with Crippen LogP contribution in [0.25, 0.3) is 0 Å². The number of ether oxygens (including phenoxy) is 1. The normalized spacial score (nSPS) is 11.2. The lowest BCUT2D eigenvalue weighted by molar-refractivity contribution is -0.127. The predicted octanol–water partition coefficient (Wildman–Crippen LogP) is 1.95. The van der Waals surface area contributed by atoms with Crippen LogP contribution >= 0.6 is 0 Å². The Bertz CT molecular complexity index is 563. The number of guanidine groups is 1. The lowest BCUT2D eigenvalue weighted by Crippen LogP contribution is -2.40. The Morgan fingerprint density at radius 1 is 1.04 bits per heavy atom. The maximum Gasteiger partial charge on any atom is 0.243 e. The van der Waals surface area contributed by atoms with Crippen LogP contribution in [-0.2, 0) is 9.53 Å². The van der Waals surface area contributed by atoms with Crippen LogP contribution in [0.1, 0.15) is 26.2 Å². The summed E-state index contributed by atoms with van der Waals surface area (Å²) in [6.07, 6.45) is 2.98. The van der Waals surface area contributed by atoms with Gasteiger partial charge in [0.2, 0.25) is 5.91 Å². The average molecular weight is 392 g/mol. The molecule has 158 valence electrons. The minimum Gasteiger partial charge on any atom is -0.382 e. The van der Waals surface area contributed by atoms with E-state index in [1.165, 1.54) is 5.69 Å². The molecular weight excluding hydrogens is 354 g/mol. The second kappa shape index (κ2) is 14.7. The molecule has 0 aromatic heterocycles. The number of unbranched alkanes of at least 4 members (excludes halogenated alkanes) is 1. The molecule has 2 N–H and O–H groups in total. The van der Waals surface area contributed by atoms with Gasteiger partial charge in [0.15, 0.2) is 5.96 Å². The summed E-state index contributed by atoms with van der Waals surface area (Å²) in [5, 5.41) is 6.64. The first-order valence-electron chi connectivity index (χ1n) is 10.1. The van der Waals surface area contributed by atoms with Gasteiger partial charge in [-0.2, -0.15) is 0 Å². The number of aliphatic imine (C=N–C) groups is 1. The summed E-state index contributed by atoms with van der Waals surface area (Å²) in [4.78, 5) is 20.0. The largest absolute Gasteiger partial charge is 0.382 e. The highest BCUT2D eigenvalue weighted by Crippen LogP contribution is 2.10. The molecule has 1 rings (SSSR count). The standard InChI is InChI=1S/C21H37N5O2/c1-5-28-17-10-9-14-22-21(24-18-20(27)25(2)3)23-15-11-16-26(4)19-12-7-6-8-13-19/h6-8,12-13H,5,9-11,14-18H2,1-4H3,(H2,22,23,24). The maximum absolute atomic E-state index is 11.8. The van der Waals surface area contributed by atoms with E-state index in [2.05, 4.69) is 39.7 Å². The average Bonchev–Trinajstić information content (AvgIpc) is 2.71. The van der Waals surface area contributed by atoms with Gasteiger partial charge in [0.1, 0.15) is 6.54 Å². The summed E-state index contributed by atoms with van der Waals surface area (Å²) in [6.45, 7) is 6.22. The number of hydrogen-bond donors (Lipinski definition) is 2. The van der Waals surface area contributed by atoms with Crippen LogP contribution in [0.2, 0.25) is 0 Å². The van der Waals surface area contributed by atoms with E-state index in [4.69, 9.17) is 4.74 Å². The van der Waals surface area contributed by atoms with Crippen molar-refractivity contribution in [2.24, 2.45) is 4.99 Å². The van der Waals surface area contributed by atoms with Gasteiger partial charge in [0.05, 0.1) is 0 Å². The van der Waals surface area contributed by atoms with Crippen LogP contribution in [0.15, 0.2) is 35.3 Å². The van der Waals surface area contributed by atoms with E-state index in [1.807, 2.05) is 25.1 Å². The fourth-order valence-corrected chi connectivity index (χ4v) is 2.48. The Labute approximate surface area is 170 Å². The maximum atomic E-state index is 11.8. The van der Waals surface area contributed by atoms with Gasteiger partial charge in [0.25, 0.3) is 0 Å². The Balaban J connectivity index is 2.38.